The highest BCUT2D eigenvalue weighted by Gasteiger charge is 2.50. The van der Waals surface area contributed by atoms with E-state index in [0.717, 1.165) is 10.5 Å². The van der Waals surface area contributed by atoms with Crippen molar-refractivity contribution in [3.05, 3.63) is 70.3 Å². The van der Waals surface area contributed by atoms with Gasteiger partial charge in [0, 0.05) is 29.7 Å². The van der Waals surface area contributed by atoms with Gasteiger partial charge in [-0.2, -0.15) is 9.28 Å². The van der Waals surface area contributed by atoms with Gasteiger partial charge in [0.25, 0.3) is 5.69 Å². The lowest BCUT2D eigenvalue weighted by Crippen LogP contribution is -2.62. The van der Waals surface area contributed by atoms with Gasteiger partial charge < -0.3 is 9.84 Å². The molecule has 2 rings (SSSR count). The number of nitro benzene ring substituents is 1. The second kappa shape index (κ2) is 11.7. The van der Waals surface area contributed by atoms with E-state index < -0.39 is 33.4 Å². The Kier molecular flexibility index (Phi) is 9.24. The van der Waals surface area contributed by atoms with Crippen molar-refractivity contribution in [1.82, 2.24) is 0 Å². The van der Waals surface area contributed by atoms with Gasteiger partial charge in [0.1, 0.15) is 6.61 Å². The first kappa shape index (κ1) is 25.4. The van der Waals surface area contributed by atoms with Crippen molar-refractivity contribution < 1.29 is 33.6 Å². The molecule has 0 bridgehead atoms. The number of hydrogen-bond donors (Lipinski definition) is 1. The molecule has 170 valence electrons. The number of imide groups is 1. The van der Waals surface area contributed by atoms with Crippen LogP contribution in [-0.2, 0) is 20.9 Å². The first-order valence-corrected chi connectivity index (χ1v) is 11.9. The van der Waals surface area contributed by atoms with Crippen molar-refractivity contribution in [1.29, 1.82) is 0 Å². The number of ether oxygens (including phenoxy) is 1. The SMILES string of the molecule is C[C@@H](C(=O)O)[N+](C)(C(=O)CCSSc1ccc([N+](=O)[O-])cc1)C(=O)OCc1ccccc1. The standard InChI is InChI=1S/C21H22N2O7S2/c1-15(20(25)26)23(2,21(27)30-14-16-6-4-3-5-7-16)19(24)12-13-31-32-18-10-8-17(9-11-18)22(28)29/h3-11,15H,12-14H2,1-2H3/p+1/t15-,23?/m0/s1. The predicted molar refractivity (Wildman–Crippen MR) is 121 cm³/mol. The van der Waals surface area contributed by atoms with Crippen LogP contribution in [0, 0.1) is 10.1 Å². The summed E-state index contributed by atoms with van der Waals surface area (Å²) < 4.78 is 4.26. The van der Waals surface area contributed by atoms with Crippen LogP contribution in [0.15, 0.2) is 59.5 Å². The maximum Gasteiger partial charge on any atom is 0.524 e. The molecule has 2 aromatic rings. The van der Waals surface area contributed by atoms with E-state index in [1.54, 1.807) is 36.4 Å². The Hall–Kier alpha value is -2.89. The second-order valence-electron chi connectivity index (χ2n) is 6.93. The van der Waals surface area contributed by atoms with Gasteiger partial charge in [-0.25, -0.2) is 9.59 Å². The van der Waals surface area contributed by atoms with Crippen LogP contribution in [0.4, 0.5) is 10.5 Å². The Labute approximate surface area is 192 Å². The number of likely N-dealkylation sites (N-methyl/N-ethyl adjacent to an activating group) is 1. The predicted octanol–water partition coefficient (Wildman–Crippen LogP) is 4.51. The molecule has 1 unspecified atom stereocenters. The van der Waals surface area contributed by atoms with E-state index >= 15 is 0 Å². The number of nitrogens with zero attached hydrogens (tertiary/aromatic N) is 2. The van der Waals surface area contributed by atoms with E-state index in [-0.39, 0.29) is 18.7 Å². The van der Waals surface area contributed by atoms with Crippen molar-refractivity contribution in [3.63, 3.8) is 0 Å². The molecule has 0 aromatic heterocycles. The Morgan fingerprint density at radius 2 is 1.75 bits per heavy atom. The maximum absolute atomic E-state index is 12.9. The summed E-state index contributed by atoms with van der Waals surface area (Å²) in [5.74, 6) is -1.55. The van der Waals surface area contributed by atoms with E-state index in [1.807, 2.05) is 6.07 Å². The highest BCUT2D eigenvalue weighted by atomic mass is 33.1. The van der Waals surface area contributed by atoms with Gasteiger partial charge in [-0.3, -0.25) is 10.1 Å². The number of hydrogen-bond acceptors (Lipinski definition) is 8. The summed E-state index contributed by atoms with van der Waals surface area (Å²) in [6.45, 7) is 1.22. The Morgan fingerprint density at radius 1 is 1.12 bits per heavy atom. The lowest BCUT2D eigenvalue weighted by atomic mass is 10.2. The van der Waals surface area contributed by atoms with Crippen molar-refractivity contribution in [2.45, 2.75) is 30.9 Å². The summed E-state index contributed by atoms with van der Waals surface area (Å²) in [4.78, 5) is 48.2. The fraction of sp³-hybridized carbons (Fsp3) is 0.286. The van der Waals surface area contributed by atoms with Crippen molar-refractivity contribution >= 4 is 45.2 Å². The molecular formula is C21H23N2O7S2+. The first-order chi connectivity index (χ1) is 15.2. The molecule has 0 fully saturated rings. The fourth-order valence-corrected chi connectivity index (χ4v) is 4.61. The van der Waals surface area contributed by atoms with Crippen molar-refractivity contribution in [3.8, 4) is 0 Å². The number of carbonyl (C=O) groups is 3. The monoisotopic (exact) mass is 479 g/mol. The molecular weight excluding hydrogens is 456 g/mol. The Balaban J connectivity index is 1.97. The molecule has 0 aliphatic carbocycles. The van der Waals surface area contributed by atoms with Gasteiger partial charge in [0.05, 0.1) is 18.4 Å². The third kappa shape index (κ3) is 6.55. The smallest absolute Gasteiger partial charge is 0.477 e. The average molecular weight is 480 g/mol. The number of rotatable bonds is 10. The van der Waals surface area contributed by atoms with E-state index in [9.17, 15) is 29.6 Å². The average Bonchev–Trinajstić information content (AvgIpc) is 2.79. The number of non-ortho nitro benzene ring substituents is 1. The minimum atomic E-state index is -1.32. The molecule has 0 saturated carbocycles. The third-order valence-electron chi connectivity index (χ3n) is 4.84. The maximum atomic E-state index is 12.9. The van der Waals surface area contributed by atoms with Gasteiger partial charge in [-0.15, -0.1) is 0 Å². The highest BCUT2D eigenvalue weighted by molar-refractivity contribution is 8.76. The quantitative estimate of drug-likeness (QED) is 0.172. The van der Waals surface area contributed by atoms with Crippen LogP contribution in [0.3, 0.4) is 0 Å². The zero-order valence-electron chi connectivity index (χ0n) is 17.5. The van der Waals surface area contributed by atoms with Crippen LogP contribution >= 0.6 is 21.6 Å². The number of nitro groups is 1. The van der Waals surface area contributed by atoms with Gasteiger partial charge in [0.15, 0.2) is 0 Å². The number of aliphatic carboxylic acids is 1. The molecule has 32 heavy (non-hydrogen) atoms. The number of carbonyl (C=O) groups excluding carboxylic acids is 2. The highest BCUT2D eigenvalue weighted by Crippen LogP contribution is 2.33. The minimum Gasteiger partial charge on any atom is -0.477 e. The summed E-state index contributed by atoms with van der Waals surface area (Å²) in [6.07, 6.45) is -0.985. The van der Waals surface area contributed by atoms with Crippen LogP contribution in [0.5, 0.6) is 0 Å². The normalized spacial score (nSPS) is 13.6. The van der Waals surface area contributed by atoms with Crippen LogP contribution in [0.25, 0.3) is 0 Å². The van der Waals surface area contributed by atoms with E-state index in [0.29, 0.717) is 5.75 Å². The molecule has 11 heteroatoms. The largest absolute Gasteiger partial charge is 0.524 e. The first-order valence-electron chi connectivity index (χ1n) is 9.53. The van der Waals surface area contributed by atoms with E-state index in [2.05, 4.69) is 0 Å². The lowest BCUT2D eigenvalue weighted by Gasteiger charge is -2.30. The summed E-state index contributed by atoms with van der Waals surface area (Å²) >= 11 is 0. The number of benzene rings is 2. The Morgan fingerprint density at radius 3 is 2.31 bits per heavy atom. The molecule has 2 atom stereocenters. The number of carboxylic acids is 1. The van der Waals surface area contributed by atoms with Crippen LogP contribution in [-0.4, -0.2) is 51.3 Å². The van der Waals surface area contributed by atoms with Crippen molar-refractivity contribution in [2.24, 2.45) is 0 Å². The summed E-state index contributed by atoms with van der Waals surface area (Å²) in [7, 11) is 3.90. The molecule has 0 aliphatic rings. The van der Waals surface area contributed by atoms with Gasteiger partial charge in [0.2, 0.25) is 6.04 Å². The third-order valence-corrected chi connectivity index (χ3v) is 7.22. The lowest BCUT2D eigenvalue weighted by molar-refractivity contribution is -0.778. The second-order valence-corrected chi connectivity index (χ2v) is 9.42. The molecule has 2 amide bonds. The zero-order valence-corrected chi connectivity index (χ0v) is 19.1. The molecule has 0 radical (unpaired) electrons. The van der Waals surface area contributed by atoms with Gasteiger partial charge >= 0.3 is 18.0 Å². The van der Waals surface area contributed by atoms with E-state index in [1.165, 1.54) is 47.7 Å². The molecule has 1 N–H and O–H groups in total. The Bertz CT molecular complexity index is 970. The molecule has 0 heterocycles. The number of quaternary nitrogens is 1. The molecule has 0 spiro atoms. The van der Waals surface area contributed by atoms with Crippen LogP contribution < -0.4 is 0 Å². The summed E-state index contributed by atoms with van der Waals surface area (Å²) in [5, 5.41) is 20.2. The van der Waals surface area contributed by atoms with E-state index in [4.69, 9.17) is 4.74 Å². The summed E-state index contributed by atoms with van der Waals surface area (Å²) in [6, 6.07) is 13.5. The van der Waals surface area contributed by atoms with Crippen LogP contribution in [0.1, 0.15) is 18.9 Å². The van der Waals surface area contributed by atoms with Gasteiger partial charge in [-0.05, 0) is 17.7 Å². The summed E-state index contributed by atoms with van der Waals surface area (Å²) in [5.41, 5.74) is 0.706. The molecule has 9 nitrogen and oxygen atoms in total. The minimum absolute atomic E-state index is 0.0146. The number of carboxylic acid groups (broad SMARTS) is 1. The fourth-order valence-electron chi connectivity index (χ4n) is 2.64. The topological polar surface area (TPSA) is 124 Å². The number of amides is 2. The molecule has 0 aliphatic heterocycles. The van der Waals surface area contributed by atoms with Gasteiger partial charge in [-0.1, -0.05) is 51.9 Å². The molecule has 2 aromatic carbocycles. The van der Waals surface area contributed by atoms with Crippen LogP contribution in [0.2, 0.25) is 0 Å². The van der Waals surface area contributed by atoms with Crippen molar-refractivity contribution in [2.75, 3.05) is 12.8 Å². The molecule has 0 saturated heterocycles. The zero-order chi connectivity index (χ0) is 23.7.